The summed E-state index contributed by atoms with van der Waals surface area (Å²) in [5.41, 5.74) is 1.19. The van der Waals surface area contributed by atoms with Crippen molar-refractivity contribution in [1.82, 2.24) is 24.5 Å². The Labute approximate surface area is 144 Å². The molecule has 0 aliphatic heterocycles. The molecule has 0 spiro atoms. The zero-order chi connectivity index (χ0) is 18.0. The third kappa shape index (κ3) is 3.63. The van der Waals surface area contributed by atoms with Crippen LogP contribution >= 0.6 is 0 Å². The van der Waals surface area contributed by atoms with Crippen molar-refractivity contribution in [2.45, 2.75) is 27.2 Å². The highest BCUT2D eigenvalue weighted by Gasteiger charge is 2.12. The summed E-state index contributed by atoms with van der Waals surface area (Å²) >= 11 is 0. The number of carbonyl (C=O) groups is 1. The highest BCUT2D eigenvalue weighted by molar-refractivity contribution is 5.92. The first-order chi connectivity index (χ1) is 11.9. The standard InChI is InChI=1S/C17H18N6O2/c1-10-14(17(25)21-11(2)20-10)8-16(24)22-13-4-5-15(19-9-13)23-7-6-18-12(23)3/h4-7,9H,8H2,1-3H3,(H,22,24)(H,20,21,25). The average Bonchev–Trinajstić information content (AvgIpc) is 2.98. The van der Waals surface area contributed by atoms with Gasteiger partial charge >= 0.3 is 0 Å². The lowest BCUT2D eigenvalue weighted by molar-refractivity contribution is -0.115. The van der Waals surface area contributed by atoms with Crippen LogP contribution in [0.15, 0.2) is 35.5 Å². The van der Waals surface area contributed by atoms with E-state index in [1.165, 1.54) is 0 Å². The first-order valence-electron chi connectivity index (χ1n) is 7.76. The van der Waals surface area contributed by atoms with Gasteiger partial charge in [-0.1, -0.05) is 0 Å². The molecule has 1 amide bonds. The molecule has 0 radical (unpaired) electrons. The lowest BCUT2D eigenvalue weighted by atomic mass is 10.1. The van der Waals surface area contributed by atoms with Gasteiger partial charge in [-0.25, -0.2) is 15.0 Å². The van der Waals surface area contributed by atoms with Crippen LogP contribution in [0.1, 0.15) is 22.9 Å². The molecule has 3 aromatic heterocycles. The number of rotatable bonds is 4. The van der Waals surface area contributed by atoms with Gasteiger partial charge in [-0.3, -0.25) is 14.2 Å². The summed E-state index contributed by atoms with van der Waals surface area (Å²) in [6.07, 6.45) is 5.03. The van der Waals surface area contributed by atoms with Crippen LogP contribution < -0.4 is 10.9 Å². The number of H-pyrrole nitrogens is 1. The van der Waals surface area contributed by atoms with E-state index in [0.29, 0.717) is 28.6 Å². The fraction of sp³-hybridized carbons (Fsp3) is 0.235. The van der Waals surface area contributed by atoms with Crippen LogP contribution in [-0.2, 0) is 11.2 Å². The quantitative estimate of drug-likeness (QED) is 0.749. The molecule has 0 saturated carbocycles. The Morgan fingerprint density at radius 3 is 2.64 bits per heavy atom. The third-order valence-corrected chi connectivity index (χ3v) is 3.78. The van der Waals surface area contributed by atoms with E-state index >= 15 is 0 Å². The molecule has 3 heterocycles. The van der Waals surface area contributed by atoms with E-state index in [2.05, 4.69) is 25.3 Å². The van der Waals surface area contributed by atoms with Gasteiger partial charge in [-0.2, -0.15) is 0 Å². The molecule has 3 aromatic rings. The minimum absolute atomic E-state index is 0.0448. The van der Waals surface area contributed by atoms with Crippen molar-refractivity contribution in [3.05, 3.63) is 64.0 Å². The molecule has 0 fully saturated rings. The fourth-order valence-corrected chi connectivity index (χ4v) is 2.55. The SMILES string of the molecule is Cc1nc(C)c(CC(=O)Nc2ccc(-n3ccnc3C)nc2)c(=O)[nH]1. The van der Waals surface area contributed by atoms with Crippen LogP contribution in [0.3, 0.4) is 0 Å². The molecule has 3 rings (SSSR count). The van der Waals surface area contributed by atoms with Crippen LogP contribution in [0.2, 0.25) is 0 Å². The summed E-state index contributed by atoms with van der Waals surface area (Å²) in [5.74, 6) is 1.77. The van der Waals surface area contributed by atoms with Gasteiger partial charge in [0.05, 0.1) is 18.3 Å². The number of nitrogens with one attached hydrogen (secondary N) is 2. The van der Waals surface area contributed by atoms with Crippen molar-refractivity contribution in [3.63, 3.8) is 0 Å². The van der Waals surface area contributed by atoms with Gasteiger partial charge in [0.2, 0.25) is 5.91 Å². The Morgan fingerprint density at radius 2 is 2.04 bits per heavy atom. The molecular weight excluding hydrogens is 320 g/mol. The molecule has 0 saturated heterocycles. The summed E-state index contributed by atoms with van der Waals surface area (Å²) in [7, 11) is 0. The van der Waals surface area contributed by atoms with Crippen LogP contribution in [-0.4, -0.2) is 30.4 Å². The molecule has 2 N–H and O–H groups in total. The van der Waals surface area contributed by atoms with Crippen molar-refractivity contribution < 1.29 is 4.79 Å². The summed E-state index contributed by atoms with van der Waals surface area (Å²) in [4.78, 5) is 39.4. The number of carbonyl (C=O) groups excluding carboxylic acids is 1. The number of nitrogens with zero attached hydrogens (tertiary/aromatic N) is 4. The zero-order valence-corrected chi connectivity index (χ0v) is 14.2. The Hall–Kier alpha value is -3.29. The Bertz CT molecular complexity index is 972. The van der Waals surface area contributed by atoms with Crippen molar-refractivity contribution >= 4 is 11.6 Å². The summed E-state index contributed by atoms with van der Waals surface area (Å²) in [5, 5.41) is 2.74. The van der Waals surface area contributed by atoms with Gasteiger partial charge in [-0.15, -0.1) is 0 Å². The molecule has 25 heavy (non-hydrogen) atoms. The number of aromatic nitrogens is 5. The van der Waals surface area contributed by atoms with Crippen LogP contribution in [0.25, 0.3) is 5.82 Å². The van der Waals surface area contributed by atoms with E-state index in [1.807, 2.05) is 17.7 Å². The minimum atomic E-state index is -0.299. The Kier molecular flexibility index (Phi) is 4.42. The molecule has 0 aromatic carbocycles. The monoisotopic (exact) mass is 338 g/mol. The van der Waals surface area contributed by atoms with Gasteiger partial charge in [0, 0.05) is 23.7 Å². The molecule has 0 aliphatic rings. The number of aryl methyl sites for hydroxylation is 3. The highest BCUT2D eigenvalue weighted by atomic mass is 16.2. The fourth-order valence-electron chi connectivity index (χ4n) is 2.55. The summed E-state index contributed by atoms with van der Waals surface area (Å²) < 4.78 is 1.84. The normalized spacial score (nSPS) is 10.7. The van der Waals surface area contributed by atoms with Gasteiger partial charge in [0.15, 0.2) is 0 Å². The second-order valence-corrected chi connectivity index (χ2v) is 5.69. The zero-order valence-electron chi connectivity index (χ0n) is 14.2. The van der Waals surface area contributed by atoms with E-state index in [-0.39, 0.29) is 17.9 Å². The van der Waals surface area contributed by atoms with Crippen molar-refractivity contribution in [1.29, 1.82) is 0 Å². The molecule has 8 heteroatoms. The molecule has 0 bridgehead atoms. The highest BCUT2D eigenvalue weighted by Crippen LogP contribution is 2.12. The van der Waals surface area contributed by atoms with E-state index in [4.69, 9.17) is 0 Å². The van der Waals surface area contributed by atoms with Crippen LogP contribution in [0.4, 0.5) is 5.69 Å². The predicted molar refractivity (Wildman–Crippen MR) is 92.8 cm³/mol. The Balaban J connectivity index is 1.72. The molecule has 8 nitrogen and oxygen atoms in total. The van der Waals surface area contributed by atoms with Crippen molar-refractivity contribution in [3.8, 4) is 5.82 Å². The van der Waals surface area contributed by atoms with Crippen LogP contribution in [0.5, 0.6) is 0 Å². The maximum absolute atomic E-state index is 12.2. The topological polar surface area (TPSA) is 106 Å². The van der Waals surface area contributed by atoms with Gasteiger partial charge in [0.1, 0.15) is 17.5 Å². The van der Waals surface area contributed by atoms with Gasteiger partial charge < -0.3 is 10.3 Å². The first-order valence-corrected chi connectivity index (χ1v) is 7.76. The van der Waals surface area contributed by atoms with E-state index in [1.54, 1.807) is 38.4 Å². The molecular formula is C17H18N6O2. The number of pyridine rings is 1. The molecule has 128 valence electrons. The number of anilines is 1. The maximum Gasteiger partial charge on any atom is 0.254 e. The first kappa shape index (κ1) is 16.6. The van der Waals surface area contributed by atoms with Gasteiger partial charge in [0.25, 0.3) is 5.56 Å². The number of aromatic amines is 1. The molecule has 0 unspecified atom stereocenters. The lowest BCUT2D eigenvalue weighted by Gasteiger charge is -2.08. The summed E-state index contributed by atoms with van der Waals surface area (Å²) in [6, 6.07) is 3.54. The van der Waals surface area contributed by atoms with E-state index in [0.717, 1.165) is 5.82 Å². The predicted octanol–water partition coefficient (Wildman–Crippen LogP) is 1.46. The smallest absolute Gasteiger partial charge is 0.254 e. The lowest BCUT2D eigenvalue weighted by Crippen LogP contribution is -2.24. The number of amides is 1. The van der Waals surface area contributed by atoms with Gasteiger partial charge in [-0.05, 0) is 32.9 Å². The number of hydrogen-bond donors (Lipinski definition) is 2. The van der Waals surface area contributed by atoms with E-state index < -0.39 is 0 Å². The average molecular weight is 338 g/mol. The Morgan fingerprint density at radius 1 is 1.24 bits per heavy atom. The largest absolute Gasteiger partial charge is 0.324 e. The third-order valence-electron chi connectivity index (χ3n) is 3.78. The number of hydrogen-bond acceptors (Lipinski definition) is 5. The van der Waals surface area contributed by atoms with Crippen molar-refractivity contribution in [2.75, 3.05) is 5.32 Å². The maximum atomic E-state index is 12.2. The second kappa shape index (κ2) is 6.68. The minimum Gasteiger partial charge on any atom is -0.324 e. The van der Waals surface area contributed by atoms with E-state index in [9.17, 15) is 9.59 Å². The number of imidazole rings is 1. The summed E-state index contributed by atoms with van der Waals surface area (Å²) in [6.45, 7) is 5.30. The molecule has 0 aliphatic carbocycles. The second-order valence-electron chi connectivity index (χ2n) is 5.69. The van der Waals surface area contributed by atoms with Crippen molar-refractivity contribution in [2.24, 2.45) is 0 Å². The van der Waals surface area contributed by atoms with Crippen LogP contribution in [0, 0.1) is 20.8 Å². The molecule has 0 atom stereocenters.